The number of anilines is 1. The molecule has 1 N–H and O–H groups in total. The van der Waals surface area contributed by atoms with Gasteiger partial charge in [0.05, 0.1) is 0 Å². The first-order valence-corrected chi connectivity index (χ1v) is 4.58. The summed E-state index contributed by atoms with van der Waals surface area (Å²) in [6.07, 6.45) is -5.24. The van der Waals surface area contributed by atoms with E-state index in [4.69, 9.17) is 23.2 Å². The number of amides is 1. The second kappa shape index (κ2) is 4.84. The van der Waals surface area contributed by atoms with Gasteiger partial charge in [0.2, 0.25) is 5.91 Å². The summed E-state index contributed by atoms with van der Waals surface area (Å²) in [4.78, 5) is 17.9. The molecule has 0 aliphatic carbocycles. The Morgan fingerprint density at radius 3 is 2.56 bits per heavy atom. The van der Waals surface area contributed by atoms with Gasteiger partial charge in [-0.05, 0) is 0 Å². The Morgan fingerprint density at radius 2 is 2.00 bits per heavy atom. The lowest BCUT2D eigenvalue weighted by Crippen LogP contribution is -2.21. The molecule has 1 aromatic rings. The Bertz CT molecular complexity index is 410. The van der Waals surface area contributed by atoms with Gasteiger partial charge in [0.25, 0.3) is 0 Å². The van der Waals surface area contributed by atoms with Gasteiger partial charge in [0, 0.05) is 0 Å². The number of hydrogen-bond acceptors (Lipinski definition) is 3. The van der Waals surface area contributed by atoms with Gasteiger partial charge in [-0.3, -0.25) is 4.79 Å². The monoisotopic (exact) mass is 273 g/mol. The molecule has 1 rings (SSSR count). The van der Waals surface area contributed by atoms with Gasteiger partial charge in [-0.25, -0.2) is 9.97 Å². The highest BCUT2D eigenvalue weighted by Crippen LogP contribution is 2.26. The van der Waals surface area contributed by atoms with Crippen molar-refractivity contribution in [3.8, 4) is 0 Å². The molecular weight excluding hydrogens is 270 g/mol. The second-order valence-corrected chi connectivity index (χ2v) is 3.40. The number of alkyl halides is 3. The van der Waals surface area contributed by atoms with E-state index in [0.717, 1.165) is 6.33 Å². The number of nitrogens with one attached hydrogen (secondary N) is 1. The average molecular weight is 274 g/mol. The molecule has 1 heterocycles. The molecule has 16 heavy (non-hydrogen) atoms. The fraction of sp³-hybridized carbons (Fsp3) is 0.286. The lowest BCUT2D eigenvalue weighted by molar-refractivity contribution is -0.150. The Morgan fingerprint density at radius 1 is 1.38 bits per heavy atom. The van der Waals surface area contributed by atoms with Crippen molar-refractivity contribution in [2.45, 2.75) is 12.6 Å². The summed E-state index contributed by atoms with van der Waals surface area (Å²) in [7, 11) is 0. The molecule has 0 aromatic carbocycles. The summed E-state index contributed by atoms with van der Waals surface area (Å²) in [5.41, 5.74) is 0. The zero-order chi connectivity index (χ0) is 12.3. The summed E-state index contributed by atoms with van der Waals surface area (Å²) in [6.45, 7) is 0. The van der Waals surface area contributed by atoms with E-state index in [1.165, 1.54) is 0 Å². The van der Waals surface area contributed by atoms with Gasteiger partial charge in [-0.1, -0.05) is 23.2 Å². The molecule has 1 amide bonds. The van der Waals surface area contributed by atoms with Crippen LogP contribution in [0.25, 0.3) is 0 Å². The molecule has 0 aliphatic heterocycles. The Kier molecular flexibility index (Phi) is 3.93. The predicted octanol–water partition coefficient (Wildman–Crippen LogP) is 2.67. The van der Waals surface area contributed by atoms with Crippen LogP contribution in [0, 0.1) is 0 Å². The van der Waals surface area contributed by atoms with Gasteiger partial charge in [-0.15, -0.1) is 0 Å². The molecule has 0 spiro atoms. The van der Waals surface area contributed by atoms with Crippen LogP contribution in [-0.2, 0) is 4.79 Å². The molecule has 0 saturated heterocycles. The summed E-state index contributed by atoms with van der Waals surface area (Å²) in [5.74, 6) is -1.53. The number of carbonyl (C=O) groups is 1. The molecule has 9 heteroatoms. The third-order valence-corrected chi connectivity index (χ3v) is 2.11. The first kappa shape index (κ1) is 13.0. The maximum Gasteiger partial charge on any atom is 0.397 e. The average Bonchev–Trinajstić information content (AvgIpc) is 2.09. The van der Waals surface area contributed by atoms with E-state index in [0.29, 0.717) is 0 Å². The zero-order valence-corrected chi connectivity index (χ0v) is 8.99. The van der Waals surface area contributed by atoms with Crippen LogP contribution >= 0.6 is 23.2 Å². The highest BCUT2D eigenvalue weighted by molar-refractivity contribution is 6.42. The highest BCUT2D eigenvalue weighted by Gasteiger charge is 2.31. The highest BCUT2D eigenvalue weighted by atomic mass is 35.5. The van der Waals surface area contributed by atoms with Gasteiger partial charge in [-0.2, -0.15) is 13.2 Å². The SMILES string of the molecule is O=C(CC(F)(F)F)Nc1ncnc(Cl)c1Cl. The normalized spacial score (nSPS) is 11.3. The minimum absolute atomic E-state index is 0.154. The predicted molar refractivity (Wildman–Crippen MR) is 51.4 cm³/mol. The lowest BCUT2D eigenvalue weighted by atomic mass is 10.4. The van der Waals surface area contributed by atoms with E-state index in [1.54, 1.807) is 0 Å². The smallest absolute Gasteiger partial charge is 0.309 e. The number of rotatable bonds is 2. The van der Waals surface area contributed by atoms with E-state index < -0.39 is 18.5 Å². The summed E-state index contributed by atoms with van der Waals surface area (Å²) in [6, 6.07) is 0. The van der Waals surface area contributed by atoms with E-state index in [9.17, 15) is 18.0 Å². The summed E-state index contributed by atoms with van der Waals surface area (Å²) < 4.78 is 35.5. The van der Waals surface area contributed by atoms with E-state index in [2.05, 4.69) is 9.97 Å². The van der Waals surface area contributed by atoms with Crippen LogP contribution in [0.15, 0.2) is 6.33 Å². The molecule has 0 fully saturated rings. The Hall–Kier alpha value is -1.08. The maximum absolute atomic E-state index is 11.8. The van der Waals surface area contributed by atoms with Crippen molar-refractivity contribution >= 4 is 34.9 Å². The zero-order valence-electron chi connectivity index (χ0n) is 7.48. The van der Waals surface area contributed by atoms with Crippen LogP contribution in [0.3, 0.4) is 0 Å². The van der Waals surface area contributed by atoms with Crippen LogP contribution in [0.5, 0.6) is 0 Å². The Labute approximate surface area is 97.8 Å². The van der Waals surface area contributed by atoms with Crippen LogP contribution in [0.4, 0.5) is 19.0 Å². The molecule has 0 unspecified atom stereocenters. The van der Waals surface area contributed by atoms with Crippen molar-refractivity contribution in [2.24, 2.45) is 0 Å². The standard InChI is InChI=1S/C7H4Cl2F3N3O/c8-4-5(9)13-2-14-6(4)15-3(16)1-7(10,11)12/h2H,1H2,(H,13,14,15,16). The largest absolute Gasteiger partial charge is 0.397 e. The molecule has 0 aliphatic rings. The fourth-order valence-electron chi connectivity index (χ4n) is 0.794. The first-order chi connectivity index (χ1) is 7.29. The van der Waals surface area contributed by atoms with Crippen molar-refractivity contribution < 1.29 is 18.0 Å². The third-order valence-electron chi connectivity index (χ3n) is 1.37. The minimum Gasteiger partial charge on any atom is -0.309 e. The second-order valence-electron chi connectivity index (χ2n) is 2.67. The summed E-state index contributed by atoms with van der Waals surface area (Å²) in [5, 5.41) is 1.52. The van der Waals surface area contributed by atoms with Gasteiger partial charge >= 0.3 is 6.18 Å². The fourth-order valence-corrected chi connectivity index (χ4v) is 1.07. The number of carbonyl (C=O) groups excluding carboxylic acids is 1. The van der Waals surface area contributed by atoms with Crippen LogP contribution in [-0.4, -0.2) is 22.1 Å². The lowest BCUT2D eigenvalue weighted by Gasteiger charge is -2.08. The quantitative estimate of drug-likeness (QED) is 0.843. The van der Waals surface area contributed by atoms with Gasteiger partial charge < -0.3 is 5.32 Å². The molecule has 0 atom stereocenters. The van der Waals surface area contributed by atoms with Crippen molar-refractivity contribution in [2.75, 3.05) is 5.32 Å². The van der Waals surface area contributed by atoms with Crippen LogP contribution < -0.4 is 5.32 Å². The van der Waals surface area contributed by atoms with Crippen molar-refractivity contribution in [3.63, 3.8) is 0 Å². The Balaban J connectivity index is 2.74. The molecule has 0 bridgehead atoms. The van der Waals surface area contributed by atoms with Crippen molar-refractivity contribution in [3.05, 3.63) is 16.5 Å². The molecule has 0 radical (unpaired) electrons. The molecular formula is C7H4Cl2F3N3O. The molecule has 0 saturated carbocycles. The number of halogens is 5. The van der Waals surface area contributed by atoms with E-state index in [-0.39, 0.29) is 16.0 Å². The number of hydrogen-bond donors (Lipinski definition) is 1. The number of nitrogens with zero attached hydrogens (tertiary/aromatic N) is 2. The molecule has 4 nitrogen and oxygen atoms in total. The van der Waals surface area contributed by atoms with Crippen LogP contribution in [0.2, 0.25) is 10.2 Å². The van der Waals surface area contributed by atoms with E-state index in [1.807, 2.05) is 5.32 Å². The third kappa shape index (κ3) is 3.82. The molecule has 1 aromatic heterocycles. The maximum atomic E-state index is 11.8. The van der Waals surface area contributed by atoms with Crippen molar-refractivity contribution in [1.29, 1.82) is 0 Å². The van der Waals surface area contributed by atoms with Crippen LogP contribution in [0.1, 0.15) is 6.42 Å². The van der Waals surface area contributed by atoms with Crippen molar-refractivity contribution in [1.82, 2.24) is 9.97 Å². The molecule has 88 valence electrons. The number of aromatic nitrogens is 2. The van der Waals surface area contributed by atoms with Gasteiger partial charge in [0.15, 0.2) is 11.0 Å². The first-order valence-electron chi connectivity index (χ1n) is 3.82. The minimum atomic E-state index is -4.59. The van der Waals surface area contributed by atoms with E-state index >= 15 is 0 Å². The van der Waals surface area contributed by atoms with Gasteiger partial charge in [0.1, 0.15) is 17.8 Å². The topological polar surface area (TPSA) is 54.9 Å². The summed E-state index contributed by atoms with van der Waals surface area (Å²) >= 11 is 11.0.